The second-order valence-corrected chi connectivity index (χ2v) is 7.80. The van der Waals surface area contributed by atoms with Gasteiger partial charge < -0.3 is 10.1 Å². The average Bonchev–Trinajstić information content (AvgIpc) is 3.12. The van der Waals surface area contributed by atoms with E-state index in [1.807, 2.05) is 20.8 Å². The summed E-state index contributed by atoms with van der Waals surface area (Å²) in [6, 6.07) is 7.26. The van der Waals surface area contributed by atoms with Crippen molar-refractivity contribution in [3.63, 3.8) is 0 Å². The summed E-state index contributed by atoms with van der Waals surface area (Å²) in [6.45, 7) is 7.94. The maximum atomic E-state index is 12.2. The van der Waals surface area contributed by atoms with Gasteiger partial charge in [-0.2, -0.15) is 0 Å². The van der Waals surface area contributed by atoms with Crippen LogP contribution >= 0.6 is 0 Å². The van der Waals surface area contributed by atoms with Crippen LogP contribution in [-0.2, 0) is 24.4 Å². The van der Waals surface area contributed by atoms with Crippen LogP contribution in [0, 0.1) is 0 Å². The molecule has 0 unspecified atom stereocenters. The Kier molecular flexibility index (Phi) is 4.62. The number of carbonyl (C=O) groups excluding carboxylic acids is 1. The van der Waals surface area contributed by atoms with E-state index in [0.29, 0.717) is 19.1 Å². The molecule has 1 aliphatic heterocycles. The van der Waals surface area contributed by atoms with Gasteiger partial charge in [-0.05, 0) is 50.3 Å². The Morgan fingerprint density at radius 3 is 2.61 bits per heavy atom. The summed E-state index contributed by atoms with van der Waals surface area (Å²) in [5.41, 5.74) is 3.35. The SMILES string of the molecule is CC(C)(C)OC(=O)N1Cc2ccc(CNC3CCCC3)cc2C1. The Labute approximate surface area is 139 Å². The normalized spacial score (nSPS) is 18.3. The van der Waals surface area contributed by atoms with E-state index in [0.717, 1.165) is 6.54 Å². The van der Waals surface area contributed by atoms with Crippen molar-refractivity contribution in [3.05, 3.63) is 34.9 Å². The number of nitrogens with one attached hydrogen (secondary N) is 1. The van der Waals surface area contributed by atoms with Crippen LogP contribution < -0.4 is 5.32 Å². The Morgan fingerprint density at radius 1 is 1.22 bits per heavy atom. The smallest absolute Gasteiger partial charge is 0.410 e. The van der Waals surface area contributed by atoms with E-state index in [9.17, 15) is 4.79 Å². The summed E-state index contributed by atoms with van der Waals surface area (Å²) in [4.78, 5) is 14.0. The predicted octanol–water partition coefficient (Wildman–Crippen LogP) is 3.97. The van der Waals surface area contributed by atoms with E-state index in [1.54, 1.807) is 4.90 Å². The van der Waals surface area contributed by atoms with Crippen LogP contribution in [0.25, 0.3) is 0 Å². The zero-order valence-corrected chi connectivity index (χ0v) is 14.5. The van der Waals surface area contributed by atoms with Crippen molar-refractivity contribution in [3.8, 4) is 0 Å². The van der Waals surface area contributed by atoms with Gasteiger partial charge in [-0.1, -0.05) is 31.0 Å². The van der Waals surface area contributed by atoms with Crippen molar-refractivity contribution < 1.29 is 9.53 Å². The van der Waals surface area contributed by atoms with Crippen LogP contribution in [0.2, 0.25) is 0 Å². The number of amides is 1. The fourth-order valence-corrected chi connectivity index (χ4v) is 3.41. The van der Waals surface area contributed by atoms with Crippen molar-refractivity contribution in [1.82, 2.24) is 10.2 Å². The number of nitrogens with zero attached hydrogens (tertiary/aromatic N) is 1. The largest absolute Gasteiger partial charge is 0.444 e. The molecule has 0 spiro atoms. The zero-order chi connectivity index (χ0) is 16.4. The molecule has 0 atom stereocenters. The molecule has 1 aromatic rings. The fraction of sp³-hybridized carbons (Fsp3) is 0.632. The summed E-state index contributed by atoms with van der Waals surface area (Å²) in [5.74, 6) is 0. The fourth-order valence-electron chi connectivity index (χ4n) is 3.41. The number of hydrogen-bond donors (Lipinski definition) is 1. The summed E-state index contributed by atoms with van der Waals surface area (Å²) >= 11 is 0. The quantitative estimate of drug-likeness (QED) is 0.917. The monoisotopic (exact) mass is 316 g/mol. The average molecular weight is 316 g/mol. The summed E-state index contributed by atoms with van der Waals surface area (Å²) in [6.07, 6.45) is 5.09. The van der Waals surface area contributed by atoms with Gasteiger partial charge in [0.2, 0.25) is 0 Å². The lowest BCUT2D eigenvalue weighted by Gasteiger charge is -2.24. The molecule has 4 nitrogen and oxygen atoms in total. The van der Waals surface area contributed by atoms with Crippen LogP contribution in [0.4, 0.5) is 4.79 Å². The third-order valence-corrected chi connectivity index (χ3v) is 4.59. The molecule has 0 radical (unpaired) electrons. The van der Waals surface area contributed by atoms with Crippen molar-refractivity contribution >= 4 is 6.09 Å². The molecular weight excluding hydrogens is 288 g/mol. The Morgan fingerprint density at radius 2 is 1.91 bits per heavy atom. The molecule has 4 heteroatoms. The Balaban J connectivity index is 1.58. The molecule has 0 aromatic heterocycles. The molecule has 3 rings (SSSR count). The molecule has 1 heterocycles. The van der Waals surface area contributed by atoms with Crippen molar-refractivity contribution in [1.29, 1.82) is 0 Å². The lowest BCUT2D eigenvalue weighted by molar-refractivity contribution is 0.0242. The standard InChI is InChI=1S/C19H28N2O2/c1-19(2,3)23-18(22)21-12-15-9-8-14(10-16(15)13-21)11-20-17-6-4-5-7-17/h8-10,17,20H,4-7,11-13H2,1-3H3. The number of ether oxygens (including phenoxy) is 1. The van der Waals surface area contributed by atoms with Gasteiger partial charge in [0.1, 0.15) is 5.60 Å². The number of hydrogen-bond acceptors (Lipinski definition) is 3. The maximum Gasteiger partial charge on any atom is 0.410 e. The third-order valence-electron chi connectivity index (χ3n) is 4.59. The van der Waals surface area contributed by atoms with Gasteiger partial charge in [0.05, 0.1) is 0 Å². The van der Waals surface area contributed by atoms with Crippen LogP contribution in [-0.4, -0.2) is 22.6 Å². The lowest BCUT2D eigenvalue weighted by atomic mass is 10.1. The Hall–Kier alpha value is -1.55. The third kappa shape index (κ3) is 4.25. The van der Waals surface area contributed by atoms with Crippen LogP contribution in [0.5, 0.6) is 0 Å². The zero-order valence-electron chi connectivity index (χ0n) is 14.5. The topological polar surface area (TPSA) is 41.6 Å². The van der Waals surface area contributed by atoms with Crippen molar-refractivity contribution in [2.45, 2.75) is 77.7 Å². The van der Waals surface area contributed by atoms with Gasteiger partial charge in [0.15, 0.2) is 0 Å². The minimum absolute atomic E-state index is 0.223. The highest BCUT2D eigenvalue weighted by atomic mass is 16.6. The highest BCUT2D eigenvalue weighted by Gasteiger charge is 2.27. The van der Waals surface area contributed by atoms with E-state index in [1.165, 1.54) is 42.4 Å². The van der Waals surface area contributed by atoms with Crippen LogP contribution in [0.15, 0.2) is 18.2 Å². The van der Waals surface area contributed by atoms with E-state index in [-0.39, 0.29) is 6.09 Å². The van der Waals surface area contributed by atoms with Gasteiger partial charge in [0.25, 0.3) is 0 Å². The number of fused-ring (bicyclic) bond motifs is 1. The first-order valence-electron chi connectivity index (χ1n) is 8.73. The second-order valence-electron chi connectivity index (χ2n) is 7.80. The lowest BCUT2D eigenvalue weighted by Crippen LogP contribution is -2.33. The molecule has 126 valence electrons. The van der Waals surface area contributed by atoms with Gasteiger partial charge in [0, 0.05) is 25.7 Å². The summed E-state index contributed by atoms with van der Waals surface area (Å²) < 4.78 is 5.47. The minimum Gasteiger partial charge on any atom is -0.444 e. The molecule has 0 saturated heterocycles. The van der Waals surface area contributed by atoms with Gasteiger partial charge >= 0.3 is 6.09 Å². The molecule has 0 bridgehead atoms. The predicted molar refractivity (Wildman–Crippen MR) is 91.0 cm³/mol. The van der Waals surface area contributed by atoms with Gasteiger partial charge in [-0.15, -0.1) is 0 Å². The number of benzene rings is 1. The first-order valence-corrected chi connectivity index (χ1v) is 8.73. The van der Waals surface area contributed by atoms with E-state index in [2.05, 4.69) is 23.5 Å². The Bertz CT molecular complexity index is 571. The van der Waals surface area contributed by atoms with Crippen LogP contribution in [0.1, 0.15) is 63.1 Å². The molecular formula is C19H28N2O2. The van der Waals surface area contributed by atoms with Gasteiger partial charge in [-0.3, -0.25) is 4.90 Å². The second kappa shape index (κ2) is 6.52. The summed E-state index contributed by atoms with van der Waals surface area (Å²) in [5, 5.41) is 3.65. The molecule has 1 aromatic carbocycles. The first-order chi connectivity index (χ1) is 10.9. The molecule has 1 fully saturated rings. The van der Waals surface area contributed by atoms with Crippen molar-refractivity contribution in [2.75, 3.05) is 0 Å². The molecule has 1 N–H and O–H groups in total. The highest BCUT2D eigenvalue weighted by molar-refractivity contribution is 5.69. The minimum atomic E-state index is -0.442. The number of rotatable bonds is 3. The molecule has 1 saturated carbocycles. The molecule has 1 amide bonds. The highest BCUT2D eigenvalue weighted by Crippen LogP contribution is 2.26. The van der Waals surface area contributed by atoms with E-state index >= 15 is 0 Å². The molecule has 1 aliphatic carbocycles. The van der Waals surface area contributed by atoms with Gasteiger partial charge in [-0.25, -0.2) is 4.79 Å². The number of carbonyl (C=O) groups is 1. The molecule has 23 heavy (non-hydrogen) atoms. The van der Waals surface area contributed by atoms with Crippen LogP contribution in [0.3, 0.4) is 0 Å². The summed E-state index contributed by atoms with van der Waals surface area (Å²) in [7, 11) is 0. The van der Waals surface area contributed by atoms with E-state index < -0.39 is 5.60 Å². The molecule has 2 aliphatic rings. The first kappa shape index (κ1) is 16.3. The van der Waals surface area contributed by atoms with E-state index in [4.69, 9.17) is 4.74 Å². The maximum absolute atomic E-state index is 12.2. The van der Waals surface area contributed by atoms with Crippen molar-refractivity contribution in [2.24, 2.45) is 0 Å².